The first kappa shape index (κ1) is 42.7. The summed E-state index contributed by atoms with van der Waals surface area (Å²) in [6.45, 7) is 5.19. The van der Waals surface area contributed by atoms with Crippen molar-refractivity contribution in [2.24, 2.45) is 0 Å². The van der Waals surface area contributed by atoms with Crippen molar-refractivity contribution < 1.29 is 70.2 Å². The summed E-state index contributed by atoms with van der Waals surface area (Å²) in [6, 6.07) is 0. The van der Waals surface area contributed by atoms with Gasteiger partial charge in [-0.05, 0) is 27.7 Å². The maximum atomic E-state index is 9.51. The van der Waals surface area contributed by atoms with E-state index in [4.69, 9.17) is 51.1 Å². The lowest BCUT2D eigenvalue weighted by atomic mass is 10.0. The Hall–Kier alpha value is -3.40. The van der Waals surface area contributed by atoms with Crippen molar-refractivity contribution in [3.8, 4) is 0 Å². The molecule has 0 fully saturated rings. The Kier molecular flexibility index (Phi) is 37.5. The van der Waals surface area contributed by atoms with Crippen molar-refractivity contribution >= 4 is 23.9 Å². The predicted octanol–water partition coefficient (Wildman–Crippen LogP) is -0.997. The fraction of sp³-hybridized carbons (Fsp3) is 0.455. The van der Waals surface area contributed by atoms with Crippen LogP contribution in [0.2, 0.25) is 0 Å². The van der Waals surface area contributed by atoms with Gasteiger partial charge in [-0.15, -0.1) is 0 Å². The van der Waals surface area contributed by atoms with Crippen LogP contribution in [0.5, 0.6) is 0 Å². The number of rotatable bonds is 9. The lowest BCUT2D eigenvalue weighted by Gasteiger charge is -2.24. The zero-order valence-corrected chi connectivity index (χ0v) is 20.4. The average Bonchev–Trinajstić information content (AvgIpc) is 2.78. The van der Waals surface area contributed by atoms with Crippen LogP contribution in [0.3, 0.4) is 0 Å². The van der Waals surface area contributed by atoms with Gasteiger partial charge in [0, 0.05) is 24.3 Å². The monoisotopic (exact) mass is 526 g/mol. The maximum Gasteiger partial charge on any atom is 0.327 e. The smallest absolute Gasteiger partial charge is 0.327 e. The highest BCUT2D eigenvalue weighted by Gasteiger charge is 2.29. The zero-order valence-electron chi connectivity index (χ0n) is 20.4. The third kappa shape index (κ3) is 44.3. The van der Waals surface area contributed by atoms with Crippen LogP contribution in [0.15, 0.2) is 48.6 Å². The molecule has 0 aromatic rings. The summed E-state index contributed by atoms with van der Waals surface area (Å²) in [5.41, 5.74) is 0. The molecule has 14 nitrogen and oxygen atoms in total. The summed E-state index contributed by atoms with van der Waals surface area (Å²) in [5, 5.41) is 83.5. The molecular weight excluding hydrogens is 488 g/mol. The first-order valence-electron chi connectivity index (χ1n) is 9.99. The van der Waals surface area contributed by atoms with Crippen molar-refractivity contribution in [1.29, 1.82) is 0 Å². The fourth-order valence-corrected chi connectivity index (χ4v) is 1.24. The molecule has 0 aliphatic rings. The SMILES string of the molecule is C/C=C\C(=O)O.C/C=C\C(=O)O.C/C=C\C(=O)O.C/C=C\C(=O)O.OC[C@@H](O)[C@@H](O)[C@H](O)[C@@H](O)CO. The molecule has 0 aliphatic heterocycles. The lowest BCUT2D eigenvalue weighted by Crippen LogP contribution is -2.46. The minimum absolute atomic E-state index is 0.726. The third-order valence-corrected chi connectivity index (χ3v) is 2.75. The normalized spacial score (nSPS) is 13.5. The van der Waals surface area contributed by atoms with Gasteiger partial charge in [0.2, 0.25) is 0 Å². The van der Waals surface area contributed by atoms with Crippen LogP contribution in [0.25, 0.3) is 0 Å². The number of aliphatic hydroxyl groups is 6. The number of aliphatic hydroxyl groups excluding tert-OH is 6. The van der Waals surface area contributed by atoms with Crippen molar-refractivity contribution in [2.45, 2.75) is 52.1 Å². The molecule has 14 heteroatoms. The number of carboxylic acid groups (broad SMARTS) is 4. The van der Waals surface area contributed by atoms with Crippen LogP contribution in [-0.2, 0) is 19.2 Å². The van der Waals surface area contributed by atoms with E-state index in [0.29, 0.717) is 0 Å². The van der Waals surface area contributed by atoms with Crippen LogP contribution in [0, 0.1) is 0 Å². The van der Waals surface area contributed by atoms with Gasteiger partial charge in [0.1, 0.15) is 24.4 Å². The van der Waals surface area contributed by atoms with E-state index in [2.05, 4.69) is 0 Å². The van der Waals surface area contributed by atoms with Crippen molar-refractivity contribution in [3.05, 3.63) is 48.6 Å². The molecule has 0 unspecified atom stereocenters. The molecule has 0 aliphatic carbocycles. The molecule has 0 saturated heterocycles. The second-order valence-electron chi connectivity index (χ2n) is 5.83. The van der Waals surface area contributed by atoms with E-state index in [0.717, 1.165) is 24.3 Å². The Morgan fingerprint density at radius 3 is 0.722 bits per heavy atom. The van der Waals surface area contributed by atoms with Crippen LogP contribution >= 0.6 is 0 Å². The van der Waals surface area contributed by atoms with Gasteiger partial charge < -0.3 is 51.1 Å². The summed E-state index contributed by atoms with van der Waals surface area (Å²) in [4.78, 5) is 38.0. The number of hydrogen-bond donors (Lipinski definition) is 10. The Bertz CT molecular complexity index is 580. The van der Waals surface area contributed by atoms with E-state index >= 15 is 0 Å². The summed E-state index contributed by atoms with van der Waals surface area (Å²) in [7, 11) is 0. The van der Waals surface area contributed by atoms with E-state index in [-0.39, 0.29) is 0 Å². The van der Waals surface area contributed by atoms with Gasteiger partial charge in [-0.1, -0.05) is 24.3 Å². The second-order valence-corrected chi connectivity index (χ2v) is 5.83. The summed E-state index contributed by atoms with van der Waals surface area (Å²) in [6.07, 6.45) is 3.84. The fourth-order valence-electron chi connectivity index (χ4n) is 1.24. The molecule has 0 radical (unpaired) electrons. The molecule has 0 heterocycles. The molecule has 0 spiro atoms. The maximum absolute atomic E-state index is 9.51. The van der Waals surface area contributed by atoms with Gasteiger partial charge in [-0.25, -0.2) is 19.2 Å². The molecule has 36 heavy (non-hydrogen) atoms. The van der Waals surface area contributed by atoms with Gasteiger partial charge in [0.25, 0.3) is 0 Å². The number of aliphatic carboxylic acids is 4. The minimum atomic E-state index is -1.67. The van der Waals surface area contributed by atoms with Gasteiger partial charge in [0.15, 0.2) is 0 Å². The van der Waals surface area contributed by atoms with Crippen molar-refractivity contribution in [3.63, 3.8) is 0 Å². The summed E-state index contributed by atoms with van der Waals surface area (Å²) < 4.78 is 0. The quantitative estimate of drug-likeness (QED) is 0.161. The molecule has 0 aromatic carbocycles. The van der Waals surface area contributed by atoms with Crippen LogP contribution in [0.1, 0.15) is 27.7 Å². The molecule has 0 bridgehead atoms. The molecule has 4 atom stereocenters. The topological polar surface area (TPSA) is 271 Å². The lowest BCUT2D eigenvalue weighted by molar-refractivity contribution is -0.132. The Morgan fingerprint density at radius 2 is 0.667 bits per heavy atom. The van der Waals surface area contributed by atoms with E-state index in [1.807, 2.05) is 0 Å². The first-order valence-corrected chi connectivity index (χ1v) is 9.99. The first-order chi connectivity index (χ1) is 16.6. The van der Waals surface area contributed by atoms with Gasteiger partial charge in [-0.3, -0.25) is 0 Å². The number of hydrogen-bond acceptors (Lipinski definition) is 10. The molecule has 0 saturated carbocycles. The Labute approximate surface area is 208 Å². The number of allylic oxidation sites excluding steroid dienone is 4. The molecule has 0 rings (SSSR count). The average molecular weight is 527 g/mol. The van der Waals surface area contributed by atoms with Crippen LogP contribution in [-0.4, -0.2) is 113 Å². The Balaban J connectivity index is -0.000000116. The van der Waals surface area contributed by atoms with Crippen LogP contribution in [0.4, 0.5) is 0 Å². The third-order valence-electron chi connectivity index (χ3n) is 2.75. The molecule has 0 amide bonds. The van der Waals surface area contributed by atoms with E-state index in [1.54, 1.807) is 27.7 Å². The van der Waals surface area contributed by atoms with Gasteiger partial charge >= 0.3 is 23.9 Å². The predicted molar refractivity (Wildman–Crippen MR) is 128 cm³/mol. The summed E-state index contributed by atoms with van der Waals surface area (Å²) >= 11 is 0. The highest BCUT2D eigenvalue weighted by Crippen LogP contribution is 2.04. The van der Waals surface area contributed by atoms with Gasteiger partial charge in [-0.2, -0.15) is 0 Å². The van der Waals surface area contributed by atoms with Crippen molar-refractivity contribution in [1.82, 2.24) is 0 Å². The molecule has 0 aromatic heterocycles. The minimum Gasteiger partial charge on any atom is -0.478 e. The Morgan fingerprint density at radius 1 is 0.500 bits per heavy atom. The standard InChI is InChI=1S/C6H14O6.4C4H6O2/c7-1-3(9)5(11)6(12)4(10)2-8;4*1-2-3-4(5)6/h3-12H,1-2H2;4*2-3H,1H3,(H,5,6)/b;4*3-2-/t3-,4+,5-,6-;;;;/m1..../s1. The zero-order chi connectivity index (χ0) is 29.7. The van der Waals surface area contributed by atoms with E-state index < -0.39 is 61.5 Å². The van der Waals surface area contributed by atoms with Gasteiger partial charge in [0.05, 0.1) is 13.2 Å². The molecular formula is C22H38O14. The highest BCUT2D eigenvalue weighted by molar-refractivity contribution is 5.80. The largest absolute Gasteiger partial charge is 0.478 e. The highest BCUT2D eigenvalue weighted by atomic mass is 16.4. The van der Waals surface area contributed by atoms with Crippen LogP contribution < -0.4 is 0 Å². The van der Waals surface area contributed by atoms with E-state index in [1.165, 1.54) is 24.3 Å². The second kappa shape index (κ2) is 31.6. The number of carboxylic acids is 4. The summed E-state index contributed by atoms with van der Waals surface area (Å²) in [5.74, 6) is -3.56. The van der Waals surface area contributed by atoms with Crippen molar-refractivity contribution in [2.75, 3.05) is 13.2 Å². The number of carbonyl (C=O) groups is 4. The molecule has 210 valence electrons. The van der Waals surface area contributed by atoms with E-state index in [9.17, 15) is 19.2 Å². The molecule has 10 N–H and O–H groups in total.